The molecule has 1 N–H and O–H groups in total. The summed E-state index contributed by atoms with van der Waals surface area (Å²) in [4.78, 5) is 31.9. The predicted octanol–water partition coefficient (Wildman–Crippen LogP) is 7.45. The van der Waals surface area contributed by atoms with Crippen LogP contribution < -0.4 is 9.62 Å². The largest absolute Gasteiger partial charge is 0.337 e. The SMILES string of the molecule is Cc1nc(-c2ccc(C)c(S(=O)(=O)Nc3cccc(C(=O)N4CCN(c5nc(-c6ccccc6)c6cc(Cl)ccc6n5)CC4)c3)c2)cs1. The van der Waals surface area contributed by atoms with Crippen molar-refractivity contribution >= 4 is 61.4 Å². The molecule has 1 saturated heterocycles. The number of hydrogen-bond acceptors (Lipinski definition) is 8. The van der Waals surface area contributed by atoms with Gasteiger partial charge in [0.2, 0.25) is 5.95 Å². The number of thiazole rings is 1. The van der Waals surface area contributed by atoms with Crippen LogP contribution in [-0.4, -0.2) is 60.4 Å². The predicted molar refractivity (Wildman–Crippen MR) is 192 cm³/mol. The van der Waals surface area contributed by atoms with Gasteiger partial charge in [-0.3, -0.25) is 9.52 Å². The molecule has 12 heteroatoms. The number of hydrogen-bond donors (Lipinski definition) is 1. The van der Waals surface area contributed by atoms with Gasteiger partial charge in [0.25, 0.3) is 15.9 Å². The second-order valence-corrected chi connectivity index (χ2v) is 14.7. The number of carbonyl (C=O) groups excluding carboxylic acids is 1. The molecule has 4 aromatic carbocycles. The lowest BCUT2D eigenvalue weighted by molar-refractivity contribution is 0.0746. The minimum absolute atomic E-state index is 0.160. The highest BCUT2D eigenvalue weighted by molar-refractivity contribution is 7.92. The molecule has 0 unspecified atom stereocenters. The van der Waals surface area contributed by atoms with E-state index >= 15 is 0 Å². The third kappa shape index (κ3) is 6.49. The summed E-state index contributed by atoms with van der Waals surface area (Å²) < 4.78 is 29.7. The van der Waals surface area contributed by atoms with Gasteiger partial charge in [-0.1, -0.05) is 60.1 Å². The Bertz CT molecular complexity index is 2270. The Morgan fingerprint density at radius 3 is 2.38 bits per heavy atom. The number of sulfonamides is 1. The van der Waals surface area contributed by atoms with Crippen molar-refractivity contribution in [3.8, 4) is 22.5 Å². The van der Waals surface area contributed by atoms with Crippen LogP contribution in [0.25, 0.3) is 33.4 Å². The van der Waals surface area contributed by atoms with Crippen molar-refractivity contribution < 1.29 is 13.2 Å². The molecule has 48 heavy (non-hydrogen) atoms. The maximum Gasteiger partial charge on any atom is 0.262 e. The van der Waals surface area contributed by atoms with Crippen LogP contribution in [0.2, 0.25) is 5.02 Å². The molecular weight excluding hydrogens is 664 g/mol. The van der Waals surface area contributed by atoms with Gasteiger partial charge in [-0.2, -0.15) is 0 Å². The first-order valence-electron chi connectivity index (χ1n) is 15.4. The van der Waals surface area contributed by atoms with E-state index in [1.165, 1.54) is 11.3 Å². The molecule has 2 aromatic heterocycles. The monoisotopic (exact) mass is 694 g/mol. The van der Waals surface area contributed by atoms with Crippen molar-refractivity contribution in [2.75, 3.05) is 35.8 Å². The van der Waals surface area contributed by atoms with Crippen molar-refractivity contribution in [3.63, 3.8) is 0 Å². The van der Waals surface area contributed by atoms with Gasteiger partial charge < -0.3 is 9.80 Å². The van der Waals surface area contributed by atoms with Gasteiger partial charge in [0.05, 0.1) is 26.8 Å². The van der Waals surface area contributed by atoms with E-state index in [0.717, 1.165) is 38.4 Å². The molecule has 6 aromatic rings. The number of fused-ring (bicyclic) bond motifs is 1. The second kappa shape index (κ2) is 13.0. The van der Waals surface area contributed by atoms with Crippen molar-refractivity contribution in [1.82, 2.24) is 19.9 Å². The summed E-state index contributed by atoms with van der Waals surface area (Å²) in [5, 5.41) is 4.30. The molecule has 1 aliphatic rings. The fourth-order valence-corrected chi connectivity index (χ4v) is 7.92. The Morgan fingerprint density at radius 2 is 1.62 bits per heavy atom. The summed E-state index contributed by atoms with van der Waals surface area (Å²) in [6.45, 7) is 5.66. The lowest BCUT2D eigenvalue weighted by atomic mass is 10.1. The van der Waals surface area contributed by atoms with E-state index in [1.54, 1.807) is 48.2 Å². The van der Waals surface area contributed by atoms with E-state index in [4.69, 9.17) is 21.6 Å². The van der Waals surface area contributed by atoms with E-state index in [2.05, 4.69) is 14.6 Å². The second-order valence-electron chi connectivity index (χ2n) is 11.6. The number of rotatable bonds is 7. The zero-order valence-electron chi connectivity index (χ0n) is 26.2. The fraction of sp³-hybridized carbons (Fsp3) is 0.167. The van der Waals surface area contributed by atoms with Gasteiger partial charge in [-0.25, -0.2) is 23.4 Å². The topological polar surface area (TPSA) is 108 Å². The standard InChI is InChI=1S/C36H31ClN6O3S2/c1-23-11-12-26(32-22-47-24(2)38-32)20-33(23)48(45,46)41-29-10-6-9-27(19-29)35(44)42-15-17-43(18-16-42)36-39-31-14-13-28(37)21-30(31)34(40-36)25-7-4-3-5-8-25/h3-14,19-22,41H,15-18H2,1-2H3. The van der Waals surface area contributed by atoms with Crippen LogP contribution in [-0.2, 0) is 10.0 Å². The number of carbonyl (C=O) groups is 1. The first-order chi connectivity index (χ1) is 23.1. The molecule has 242 valence electrons. The zero-order valence-corrected chi connectivity index (χ0v) is 28.6. The smallest absolute Gasteiger partial charge is 0.262 e. The molecule has 0 atom stereocenters. The highest BCUT2D eigenvalue weighted by atomic mass is 35.5. The molecule has 9 nitrogen and oxygen atoms in total. The number of aromatic nitrogens is 3. The van der Waals surface area contributed by atoms with Crippen LogP contribution in [0.3, 0.4) is 0 Å². The molecular formula is C36H31ClN6O3S2. The first-order valence-corrected chi connectivity index (χ1v) is 18.1. The Hall–Kier alpha value is -4.84. The molecule has 3 heterocycles. The van der Waals surface area contributed by atoms with Gasteiger partial charge >= 0.3 is 0 Å². The first kappa shape index (κ1) is 31.7. The third-order valence-electron chi connectivity index (χ3n) is 8.30. The number of benzene rings is 4. The van der Waals surface area contributed by atoms with E-state index in [-0.39, 0.29) is 10.8 Å². The molecule has 7 rings (SSSR count). The molecule has 0 spiro atoms. The van der Waals surface area contributed by atoms with Crippen LogP contribution >= 0.6 is 22.9 Å². The molecule has 0 aliphatic carbocycles. The fourth-order valence-electron chi connectivity index (χ4n) is 5.81. The molecule has 1 amide bonds. The van der Waals surface area contributed by atoms with E-state index in [1.807, 2.05) is 66.9 Å². The van der Waals surface area contributed by atoms with E-state index in [0.29, 0.717) is 54.0 Å². The van der Waals surface area contributed by atoms with Crippen LogP contribution in [0.4, 0.5) is 11.6 Å². The number of piperazine rings is 1. The van der Waals surface area contributed by atoms with Crippen molar-refractivity contribution in [2.24, 2.45) is 0 Å². The summed E-state index contributed by atoms with van der Waals surface area (Å²) in [6, 6.07) is 27.4. The van der Waals surface area contributed by atoms with Gasteiger partial charge in [0, 0.05) is 64.3 Å². The number of anilines is 2. The normalized spacial score (nSPS) is 13.6. The summed E-state index contributed by atoms with van der Waals surface area (Å²) in [6.07, 6.45) is 0. The Labute approximate surface area is 287 Å². The Morgan fingerprint density at radius 1 is 0.833 bits per heavy atom. The van der Waals surface area contributed by atoms with Gasteiger partial charge in [-0.05, 0) is 61.9 Å². The Kier molecular flexibility index (Phi) is 8.59. The van der Waals surface area contributed by atoms with Crippen molar-refractivity contribution in [3.05, 3.63) is 118 Å². The molecule has 1 aliphatic heterocycles. The average molecular weight is 695 g/mol. The quantitative estimate of drug-likeness (QED) is 0.185. The lowest BCUT2D eigenvalue weighted by Crippen LogP contribution is -2.49. The number of amides is 1. The van der Waals surface area contributed by atoms with Crippen LogP contribution in [0.5, 0.6) is 0 Å². The van der Waals surface area contributed by atoms with Crippen LogP contribution in [0.1, 0.15) is 20.9 Å². The molecule has 0 saturated carbocycles. The summed E-state index contributed by atoms with van der Waals surface area (Å²) in [5.41, 5.74) is 5.34. The summed E-state index contributed by atoms with van der Waals surface area (Å²) >= 11 is 7.84. The molecule has 0 bridgehead atoms. The number of aryl methyl sites for hydroxylation is 2. The third-order valence-corrected chi connectivity index (χ3v) is 10.8. The summed E-state index contributed by atoms with van der Waals surface area (Å²) in [7, 11) is -3.94. The van der Waals surface area contributed by atoms with Gasteiger partial charge in [-0.15, -0.1) is 11.3 Å². The number of nitrogens with one attached hydrogen (secondary N) is 1. The van der Waals surface area contributed by atoms with E-state index < -0.39 is 10.0 Å². The molecule has 1 fully saturated rings. The van der Waals surface area contributed by atoms with Crippen LogP contribution in [0.15, 0.2) is 101 Å². The zero-order chi connectivity index (χ0) is 33.4. The lowest BCUT2D eigenvalue weighted by Gasteiger charge is -2.35. The van der Waals surface area contributed by atoms with Gasteiger partial charge in [0.15, 0.2) is 0 Å². The number of nitrogens with zero attached hydrogens (tertiary/aromatic N) is 5. The minimum Gasteiger partial charge on any atom is -0.337 e. The maximum atomic E-state index is 13.6. The van der Waals surface area contributed by atoms with E-state index in [9.17, 15) is 13.2 Å². The average Bonchev–Trinajstić information content (AvgIpc) is 3.54. The van der Waals surface area contributed by atoms with Crippen molar-refractivity contribution in [1.29, 1.82) is 0 Å². The summed E-state index contributed by atoms with van der Waals surface area (Å²) in [5.74, 6) is 0.420. The maximum absolute atomic E-state index is 13.6. The number of halogens is 1. The Balaban J connectivity index is 1.07. The van der Waals surface area contributed by atoms with Gasteiger partial charge in [0.1, 0.15) is 0 Å². The highest BCUT2D eigenvalue weighted by Crippen LogP contribution is 2.31. The highest BCUT2D eigenvalue weighted by Gasteiger charge is 2.26. The van der Waals surface area contributed by atoms with Crippen LogP contribution in [0, 0.1) is 13.8 Å². The van der Waals surface area contributed by atoms with Crippen molar-refractivity contribution in [2.45, 2.75) is 18.7 Å². The minimum atomic E-state index is -3.94. The molecule has 0 radical (unpaired) electrons.